The van der Waals surface area contributed by atoms with Crippen LogP contribution in [0.2, 0.25) is 0 Å². The number of unbranched alkanes of at least 4 members (excludes halogenated alkanes) is 1. The van der Waals surface area contributed by atoms with Crippen LogP contribution in [0, 0.1) is 0 Å². The normalized spacial score (nSPS) is 12.4. The van der Waals surface area contributed by atoms with Crippen molar-refractivity contribution in [3.8, 4) is 11.5 Å². The molecule has 0 aromatic heterocycles. The molecule has 0 heterocycles. The van der Waals surface area contributed by atoms with Crippen LogP contribution in [0.5, 0.6) is 11.5 Å². The molecule has 1 aromatic rings. The van der Waals surface area contributed by atoms with Crippen LogP contribution in [0.1, 0.15) is 36.5 Å². The number of phenolic OH excluding ortho intramolecular Hbond substituents is 2. The average Bonchev–Trinajstić information content (AvgIpc) is 2.36. The SMILES string of the molecule is CCCCC(Br)C(=O)c1cc(Br)c(O)c(Br)c1O. The fourth-order valence-electron chi connectivity index (χ4n) is 1.47. The van der Waals surface area contributed by atoms with Crippen LogP contribution in [-0.2, 0) is 0 Å². The first kappa shape index (κ1) is 16.0. The smallest absolute Gasteiger partial charge is 0.180 e. The van der Waals surface area contributed by atoms with Gasteiger partial charge in [0.15, 0.2) is 5.78 Å². The minimum absolute atomic E-state index is 0.121. The first-order valence-corrected chi connectivity index (χ1v) is 7.98. The van der Waals surface area contributed by atoms with E-state index in [1.165, 1.54) is 6.07 Å². The van der Waals surface area contributed by atoms with Gasteiger partial charge in [0.1, 0.15) is 16.0 Å². The van der Waals surface area contributed by atoms with Gasteiger partial charge in [-0.1, -0.05) is 35.7 Å². The summed E-state index contributed by atoms with van der Waals surface area (Å²) < 4.78 is 0.487. The highest BCUT2D eigenvalue weighted by molar-refractivity contribution is 9.11. The summed E-state index contributed by atoms with van der Waals surface area (Å²) in [5.74, 6) is -0.548. The van der Waals surface area contributed by atoms with Crippen molar-refractivity contribution in [2.45, 2.75) is 31.0 Å². The van der Waals surface area contributed by atoms with Gasteiger partial charge in [-0.3, -0.25) is 4.79 Å². The Hall–Kier alpha value is -0.0700. The highest BCUT2D eigenvalue weighted by Crippen LogP contribution is 2.42. The van der Waals surface area contributed by atoms with Crippen LogP contribution in [0.15, 0.2) is 15.0 Å². The minimum Gasteiger partial charge on any atom is -0.506 e. The predicted octanol–water partition coefficient (Wildman–Crippen LogP) is 4.76. The summed E-state index contributed by atoms with van der Waals surface area (Å²) in [5.41, 5.74) is 0.185. The number of hydrogen-bond donors (Lipinski definition) is 2. The lowest BCUT2D eigenvalue weighted by atomic mass is 10.0. The van der Waals surface area contributed by atoms with E-state index in [2.05, 4.69) is 54.7 Å². The lowest BCUT2D eigenvalue weighted by molar-refractivity contribution is 0.0985. The van der Waals surface area contributed by atoms with E-state index in [0.29, 0.717) is 10.9 Å². The van der Waals surface area contributed by atoms with Crippen molar-refractivity contribution in [2.75, 3.05) is 0 Å². The van der Waals surface area contributed by atoms with Crippen molar-refractivity contribution in [1.29, 1.82) is 0 Å². The number of carbonyl (C=O) groups excluding carboxylic acids is 1. The van der Waals surface area contributed by atoms with Crippen LogP contribution in [-0.4, -0.2) is 20.8 Å². The van der Waals surface area contributed by atoms with E-state index < -0.39 is 0 Å². The van der Waals surface area contributed by atoms with E-state index in [9.17, 15) is 15.0 Å². The number of aromatic hydroxyl groups is 2. The van der Waals surface area contributed by atoms with Gasteiger partial charge in [0.25, 0.3) is 0 Å². The monoisotopic (exact) mass is 442 g/mol. The van der Waals surface area contributed by atoms with E-state index in [-0.39, 0.29) is 32.1 Å². The van der Waals surface area contributed by atoms with Crippen molar-refractivity contribution in [3.05, 3.63) is 20.6 Å². The molecule has 0 amide bonds. The topological polar surface area (TPSA) is 57.5 Å². The lowest BCUT2D eigenvalue weighted by Crippen LogP contribution is -2.14. The Labute approximate surface area is 131 Å². The molecular formula is C12H13Br3O3. The molecule has 1 rings (SSSR count). The van der Waals surface area contributed by atoms with E-state index in [0.717, 1.165) is 12.8 Å². The largest absolute Gasteiger partial charge is 0.506 e. The number of hydrogen-bond acceptors (Lipinski definition) is 3. The second kappa shape index (κ2) is 6.91. The minimum atomic E-state index is -0.327. The van der Waals surface area contributed by atoms with Crippen molar-refractivity contribution >= 4 is 53.6 Å². The molecule has 0 bridgehead atoms. The van der Waals surface area contributed by atoms with E-state index in [1.807, 2.05) is 0 Å². The quantitative estimate of drug-likeness (QED) is 0.508. The second-order valence-corrected chi connectivity index (χ2v) is 6.64. The standard InChI is InChI=1S/C12H13Br3O3/c1-2-3-4-7(13)10(16)6-5-8(14)12(18)9(15)11(6)17/h5,7,17-18H,2-4H2,1H3. The lowest BCUT2D eigenvalue weighted by Gasteiger charge is -2.12. The molecule has 0 aliphatic rings. The van der Waals surface area contributed by atoms with E-state index in [1.54, 1.807) is 0 Å². The Kier molecular flexibility index (Phi) is 6.14. The summed E-state index contributed by atoms with van der Waals surface area (Å²) in [6, 6.07) is 1.43. The number of halogens is 3. The highest BCUT2D eigenvalue weighted by atomic mass is 79.9. The number of alkyl halides is 1. The zero-order valence-electron chi connectivity index (χ0n) is 9.71. The molecule has 0 aliphatic carbocycles. The maximum Gasteiger partial charge on any atom is 0.180 e. The molecule has 6 heteroatoms. The number of benzene rings is 1. The molecule has 100 valence electrons. The first-order chi connectivity index (χ1) is 8.40. The van der Waals surface area contributed by atoms with Crippen LogP contribution in [0.4, 0.5) is 0 Å². The highest BCUT2D eigenvalue weighted by Gasteiger charge is 2.23. The van der Waals surface area contributed by atoms with E-state index in [4.69, 9.17) is 0 Å². The fourth-order valence-corrected chi connectivity index (χ4v) is 3.16. The molecule has 0 saturated heterocycles. The Morgan fingerprint density at radius 1 is 1.33 bits per heavy atom. The summed E-state index contributed by atoms with van der Waals surface area (Å²) in [7, 11) is 0. The van der Waals surface area contributed by atoms with Gasteiger partial charge in [-0.15, -0.1) is 0 Å². The molecule has 18 heavy (non-hydrogen) atoms. The first-order valence-electron chi connectivity index (χ1n) is 5.48. The Bertz CT molecular complexity index is 460. The maximum atomic E-state index is 12.2. The number of phenols is 2. The van der Waals surface area contributed by atoms with Gasteiger partial charge in [-0.2, -0.15) is 0 Å². The van der Waals surface area contributed by atoms with Gasteiger partial charge >= 0.3 is 0 Å². The van der Waals surface area contributed by atoms with Gasteiger partial charge in [0, 0.05) is 0 Å². The molecule has 1 aromatic carbocycles. The molecule has 2 N–H and O–H groups in total. The predicted molar refractivity (Wildman–Crippen MR) is 81.7 cm³/mol. The summed E-state index contributed by atoms with van der Waals surface area (Å²) in [6.45, 7) is 2.05. The van der Waals surface area contributed by atoms with Crippen molar-refractivity contribution in [3.63, 3.8) is 0 Å². The second-order valence-electron chi connectivity index (χ2n) is 3.89. The molecule has 3 nitrogen and oxygen atoms in total. The molecule has 0 spiro atoms. The molecule has 1 unspecified atom stereocenters. The van der Waals surface area contributed by atoms with Crippen LogP contribution < -0.4 is 0 Å². The zero-order chi connectivity index (χ0) is 13.9. The zero-order valence-corrected chi connectivity index (χ0v) is 14.5. The van der Waals surface area contributed by atoms with Gasteiger partial charge in [0.2, 0.25) is 0 Å². The Balaban J connectivity index is 3.06. The third kappa shape index (κ3) is 3.48. The molecule has 0 radical (unpaired) electrons. The van der Waals surface area contributed by atoms with E-state index >= 15 is 0 Å². The van der Waals surface area contributed by atoms with Gasteiger partial charge in [-0.05, 0) is 44.3 Å². The molecule has 0 saturated carbocycles. The number of ketones is 1. The van der Waals surface area contributed by atoms with Crippen LogP contribution >= 0.6 is 47.8 Å². The number of carbonyl (C=O) groups is 1. The Morgan fingerprint density at radius 3 is 2.50 bits per heavy atom. The third-order valence-corrected chi connectivity index (χ3v) is 4.76. The van der Waals surface area contributed by atoms with Gasteiger partial charge < -0.3 is 10.2 Å². The van der Waals surface area contributed by atoms with Crippen molar-refractivity contribution in [2.24, 2.45) is 0 Å². The maximum absolute atomic E-state index is 12.2. The van der Waals surface area contributed by atoms with Gasteiger partial charge in [-0.25, -0.2) is 0 Å². The molecule has 0 aliphatic heterocycles. The average molecular weight is 445 g/mol. The Morgan fingerprint density at radius 2 is 1.94 bits per heavy atom. The molecule has 0 fully saturated rings. The summed E-state index contributed by atoms with van der Waals surface area (Å²) in [6.07, 6.45) is 2.65. The fraction of sp³-hybridized carbons (Fsp3) is 0.417. The van der Waals surface area contributed by atoms with Gasteiger partial charge in [0.05, 0.1) is 14.9 Å². The van der Waals surface area contributed by atoms with Crippen molar-refractivity contribution < 1.29 is 15.0 Å². The number of Topliss-reactive ketones (excluding diaryl/α,β-unsaturated/α-hetero) is 1. The van der Waals surface area contributed by atoms with Crippen LogP contribution in [0.3, 0.4) is 0 Å². The summed E-state index contributed by atoms with van der Waals surface area (Å²) in [5, 5.41) is 19.5. The summed E-state index contributed by atoms with van der Waals surface area (Å²) in [4.78, 5) is 11.8. The summed E-state index contributed by atoms with van der Waals surface area (Å²) >= 11 is 9.52. The van der Waals surface area contributed by atoms with Crippen LogP contribution in [0.25, 0.3) is 0 Å². The van der Waals surface area contributed by atoms with Crippen molar-refractivity contribution in [1.82, 2.24) is 0 Å². The molecule has 1 atom stereocenters. The third-order valence-electron chi connectivity index (χ3n) is 2.53. The molecular weight excluding hydrogens is 432 g/mol. The number of rotatable bonds is 5.